The number of carbonyl (C=O) groups excluding carboxylic acids is 3. The number of nitrogens with one attached hydrogen (secondary N) is 1. The molecule has 0 saturated heterocycles. The van der Waals surface area contributed by atoms with Gasteiger partial charge in [0.25, 0.3) is 0 Å². The zero-order valence-electron chi connectivity index (χ0n) is 7.71. The van der Waals surface area contributed by atoms with Gasteiger partial charge in [-0.3, -0.25) is 9.59 Å². The Balaban J connectivity index is 4.37. The van der Waals surface area contributed by atoms with E-state index in [9.17, 15) is 14.4 Å². The van der Waals surface area contributed by atoms with Gasteiger partial charge in [0, 0.05) is 0 Å². The first-order valence-corrected chi connectivity index (χ1v) is 3.51. The van der Waals surface area contributed by atoms with Crippen molar-refractivity contribution in [2.75, 3.05) is 7.11 Å². The van der Waals surface area contributed by atoms with E-state index in [0.717, 1.165) is 7.11 Å². The average Bonchev–Trinajstić information content (AvgIpc) is 2.01. The maximum Gasteiger partial charge on any atom is 0.396 e. The smallest absolute Gasteiger partial charge is 0.396 e. The van der Waals surface area contributed by atoms with Crippen LogP contribution in [-0.2, 0) is 19.1 Å². The molecule has 3 N–H and O–H groups in total. The van der Waals surface area contributed by atoms with Crippen LogP contribution in [0.2, 0.25) is 0 Å². The zero-order valence-corrected chi connectivity index (χ0v) is 7.71. The largest absolute Gasteiger partial charge is 0.462 e. The van der Waals surface area contributed by atoms with Crippen LogP contribution in [-0.4, -0.2) is 30.4 Å². The second-order valence-electron chi connectivity index (χ2n) is 2.93. The van der Waals surface area contributed by atoms with E-state index in [1.54, 1.807) is 0 Å². The third-order valence-corrected chi connectivity index (χ3v) is 1.41. The molecule has 74 valence electrons. The van der Waals surface area contributed by atoms with Gasteiger partial charge in [-0.25, -0.2) is 4.79 Å². The number of primary amides is 1. The van der Waals surface area contributed by atoms with Gasteiger partial charge in [0.15, 0.2) is 0 Å². The summed E-state index contributed by atoms with van der Waals surface area (Å²) in [6.07, 6.45) is 0. The molecule has 0 bridgehead atoms. The predicted molar refractivity (Wildman–Crippen MR) is 43.4 cm³/mol. The number of carbonyl (C=O) groups is 3. The van der Waals surface area contributed by atoms with Crippen LogP contribution < -0.4 is 11.1 Å². The van der Waals surface area contributed by atoms with Crippen molar-refractivity contribution in [1.29, 1.82) is 0 Å². The summed E-state index contributed by atoms with van der Waals surface area (Å²) in [5.41, 5.74) is 3.70. The van der Waals surface area contributed by atoms with Gasteiger partial charge in [-0.15, -0.1) is 0 Å². The van der Waals surface area contributed by atoms with E-state index in [0.29, 0.717) is 0 Å². The summed E-state index contributed by atoms with van der Waals surface area (Å²) in [4.78, 5) is 32.2. The molecule has 2 amide bonds. The minimum atomic E-state index is -1.26. The molecule has 0 aromatic carbocycles. The number of esters is 1. The van der Waals surface area contributed by atoms with E-state index >= 15 is 0 Å². The van der Waals surface area contributed by atoms with Crippen LogP contribution in [0.3, 0.4) is 0 Å². The van der Waals surface area contributed by atoms with E-state index in [2.05, 4.69) is 10.1 Å². The Kier molecular flexibility index (Phi) is 3.41. The summed E-state index contributed by atoms with van der Waals surface area (Å²) in [7, 11) is 1.07. The van der Waals surface area contributed by atoms with E-state index in [1.807, 2.05) is 0 Å². The van der Waals surface area contributed by atoms with E-state index in [-0.39, 0.29) is 0 Å². The maximum atomic E-state index is 10.9. The Morgan fingerprint density at radius 1 is 1.31 bits per heavy atom. The SMILES string of the molecule is COC(=O)C(=O)NC(C)(C)C(N)=O. The lowest BCUT2D eigenvalue weighted by atomic mass is 10.1. The number of methoxy groups -OCH3 is 1. The van der Waals surface area contributed by atoms with Crippen LogP contribution in [0.4, 0.5) is 0 Å². The Bertz CT molecular complexity index is 247. The van der Waals surface area contributed by atoms with Gasteiger partial charge in [-0.2, -0.15) is 0 Å². The summed E-state index contributed by atoms with van der Waals surface area (Å²) in [6, 6.07) is 0. The Morgan fingerprint density at radius 2 is 1.77 bits per heavy atom. The first-order chi connectivity index (χ1) is 5.81. The monoisotopic (exact) mass is 188 g/mol. The first kappa shape index (κ1) is 11.4. The fourth-order valence-electron chi connectivity index (χ4n) is 0.489. The van der Waals surface area contributed by atoms with Gasteiger partial charge in [-0.05, 0) is 13.8 Å². The fraction of sp³-hybridized carbons (Fsp3) is 0.571. The highest BCUT2D eigenvalue weighted by Crippen LogP contribution is 1.99. The second-order valence-corrected chi connectivity index (χ2v) is 2.93. The minimum Gasteiger partial charge on any atom is -0.462 e. The maximum absolute atomic E-state index is 10.9. The van der Waals surface area contributed by atoms with Crippen LogP contribution in [0.25, 0.3) is 0 Å². The lowest BCUT2D eigenvalue weighted by molar-refractivity contribution is -0.154. The molecule has 0 aromatic heterocycles. The molecule has 0 rings (SSSR count). The number of rotatable bonds is 2. The van der Waals surface area contributed by atoms with E-state index < -0.39 is 23.3 Å². The molecule has 0 aromatic rings. The Labute approximate surface area is 75.4 Å². The number of hydrogen-bond donors (Lipinski definition) is 2. The average molecular weight is 188 g/mol. The van der Waals surface area contributed by atoms with Crippen molar-refractivity contribution in [2.24, 2.45) is 5.73 Å². The van der Waals surface area contributed by atoms with E-state index in [4.69, 9.17) is 5.73 Å². The lowest BCUT2D eigenvalue weighted by Crippen LogP contribution is -2.54. The van der Waals surface area contributed by atoms with Crippen LogP contribution >= 0.6 is 0 Å². The number of ether oxygens (including phenoxy) is 1. The van der Waals surface area contributed by atoms with Gasteiger partial charge in [-0.1, -0.05) is 0 Å². The molecule has 0 aliphatic rings. The van der Waals surface area contributed by atoms with Gasteiger partial charge in [0.1, 0.15) is 5.54 Å². The van der Waals surface area contributed by atoms with Crippen molar-refractivity contribution in [3.05, 3.63) is 0 Å². The number of hydrogen-bond acceptors (Lipinski definition) is 4. The predicted octanol–water partition coefficient (Wildman–Crippen LogP) is -1.46. The third kappa shape index (κ3) is 3.10. The standard InChI is InChI=1S/C7H12N2O4/c1-7(2,6(8)12)9-4(10)5(11)13-3/h1-3H3,(H2,8,12)(H,9,10). The molecule has 0 aliphatic carbocycles. The molecular weight excluding hydrogens is 176 g/mol. The normalized spacial score (nSPS) is 10.4. The van der Waals surface area contributed by atoms with Gasteiger partial charge >= 0.3 is 11.9 Å². The highest BCUT2D eigenvalue weighted by molar-refractivity contribution is 6.33. The number of nitrogens with two attached hydrogens (primary N) is 1. The second kappa shape index (κ2) is 3.88. The molecule has 0 heterocycles. The van der Waals surface area contributed by atoms with Crippen molar-refractivity contribution >= 4 is 17.8 Å². The fourth-order valence-corrected chi connectivity index (χ4v) is 0.489. The molecule has 6 nitrogen and oxygen atoms in total. The van der Waals surface area contributed by atoms with Gasteiger partial charge in [0.2, 0.25) is 5.91 Å². The van der Waals surface area contributed by atoms with Crippen molar-refractivity contribution < 1.29 is 19.1 Å². The summed E-state index contributed by atoms with van der Waals surface area (Å²) in [6.45, 7) is 2.77. The van der Waals surface area contributed by atoms with Crippen LogP contribution in [0, 0.1) is 0 Å². The first-order valence-electron chi connectivity index (χ1n) is 3.51. The Morgan fingerprint density at radius 3 is 2.08 bits per heavy atom. The van der Waals surface area contributed by atoms with Crippen molar-refractivity contribution in [2.45, 2.75) is 19.4 Å². The highest BCUT2D eigenvalue weighted by atomic mass is 16.5. The molecule has 0 unspecified atom stereocenters. The van der Waals surface area contributed by atoms with Gasteiger partial charge in [0.05, 0.1) is 7.11 Å². The van der Waals surface area contributed by atoms with Crippen LogP contribution in [0.5, 0.6) is 0 Å². The zero-order chi connectivity index (χ0) is 10.6. The van der Waals surface area contributed by atoms with Crippen molar-refractivity contribution in [3.63, 3.8) is 0 Å². The van der Waals surface area contributed by atoms with Crippen LogP contribution in [0.15, 0.2) is 0 Å². The topological polar surface area (TPSA) is 98.5 Å². The lowest BCUT2D eigenvalue weighted by Gasteiger charge is -2.20. The highest BCUT2D eigenvalue weighted by Gasteiger charge is 2.29. The molecule has 0 radical (unpaired) electrons. The summed E-state index contributed by atoms with van der Waals surface area (Å²) >= 11 is 0. The van der Waals surface area contributed by atoms with Gasteiger partial charge < -0.3 is 15.8 Å². The molecule has 0 aliphatic heterocycles. The third-order valence-electron chi connectivity index (χ3n) is 1.41. The van der Waals surface area contributed by atoms with Crippen molar-refractivity contribution in [1.82, 2.24) is 5.32 Å². The molecule has 6 heteroatoms. The molecule has 0 saturated carbocycles. The Hall–Kier alpha value is -1.59. The minimum absolute atomic E-state index is 0.732. The molecule has 0 atom stereocenters. The molecule has 13 heavy (non-hydrogen) atoms. The molecule has 0 spiro atoms. The van der Waals surface area contributed by atoms with E-state index in [1.165, 1.54) is 13.8 Å². The van der Waals surface area contributed by atoms with Crippen molar-refractivity contribution in [3.8, 4) is 0 Å². The number of amides is 2. The quantitative estimate of drug-likeness (QED) is 0.408. The molecular formula is C7H12N2O4. The van der Waals surface area contributed by atoms with Crippen LogP contribution in [0.1, 0.15) is 13.8 Å². The summed E-state index contributed by atoms with van der Waals surface area (Å²) in [5.74, 6) is -2.79. The summed E-state index contributed by atoms with van der Waals surface area (Å²) in [5, 5.41) is 2.12. The molecule has 0 fully saturated rings. The summed E-state index contributed by atoms with van der Waals surface area (Å²) < 4.78 is 4.13.